The van der Waals surface area contributed by atoms with Crippen LogP contribution < -0.4 is 10.1 Å². The second-order valence-corrected chi connectivity index (χ2v) is 7.65. The number of nitrogens with zero attached hydrogens (tertiary/aromatic N) is 1. The minimum atomic E-state index is -0.392. The Labute approximate surface area is 177 Å². The zero-order valence-electron chi connectivity index (χ0n) is 16.9. The largest absolute Gasteiger partial charge is 0.496 e. The summed E-state index contributed by atoms with van der Waals surface area (Å²) in [4.78, 5) is 27.9. The maximum Gasteiger partial charge on any atom is 0.229 e. The summed E-state index contributed by atoms with van der Waals surface area (Å²) in [6.07, 6.45) is 2.70. The normalized spacial score (nSPS) is 19.1. The Morgan fingerprint density at radius 1 is 1.21 bits per heavy atom. The summed E-state index contributed by atoms with van der Waals surface area (Å²) in [6, 6.07) is 14.4. The molecular formula is C23H27ClN2O3. The molecule has 1 aliphatic rings. The van der Waals surface area contributed by atoms with Crippen molar-refractivity contribution in [3.8, 4) is 5.75 Å². The first-order valence-corrected chi connectivity index (χ1v) is 10.4. The Kier molecular flexibility index (Phi) is 7.15. The van der Waals surface area contributed by atoms with E-state index >= 15 is 0 Å². The number of amides is 2. The summed E-state index contributed by atoms with van der Waals surface area (Å²) in [5.41, 5.74) is 1.44. The third kappa shape index (κ3) is 4.73. The van der Waals surface area contributed by atoms with Gasteiger partial charge in [-0.05, 0) is 31.0 Å². The molecule has 2 aromatic carbocycles. The highest BCUT2D eigenvalue weighted by molar-refractivity contribution is 6.33. The standard InChI is InChI=1S/C23H27ClN2O3/c1-3-4-15-26-21(27)14-13-17(22(26)16-9-5-8-12-20(16)29-2)23(28)25-19-11-7-6-10-18(19)24/h5-12,17,22H,3-4,13-15H2,1-2H3,(H,25,28). The number of benzene rings is 2. The van der Waals surface area contributed by atoms with Crippen molar-refractivity contribution in [2.24, 2.45) is 5.92 Å². The van der Waals surface area contributed by atoms with Crippen LogP contribution >= 0.6 is 11.6 Å². The Morgan fingerprint density at radius 3 is 2.66 bits per heavy atom. The molecule has 0 aliphatic carbocycles. The number of hydrogen-bond donors (Lipinski definition) is 1. The minimum absolute atomic E-state index is 0.0798. The van der Waals surface area contributed by atoms with E-state index in [1.165, 1.54) is 0 Å². The van der Waals surface area contributed by atoms with Gasteiger partial charge >= 0.3 is 0 Å². The molecule has 6 heteroatoms. The fourth-order valence-electron chi connectivity index (χ4n) is 3.90. The molecule has 0 radical (unpaired) electrons. The van der Waals surface area contributed by atoms with Crippen molar-refractivity contribution >= 4 is 29.1 Å². The Morgan fingerprint density at radius 2 is 1.93 bits per heavy atom. The zero-order chi connectivity index (χ0) is 20.8. The summed E-state index contributed by atoms with van der Waals surface area (Å²) < 4.78 is 5.56. The van der Waals surface area contributed by atoms with Gasteiger partial charge in [-0.2, -0.15) is 0 Å². The maximum absolute atomic E-state index is 13.3. The van der Waals surface area contributed by atoms with Gasteiger partial charge in [0.15, 0.2) is 0 Å². The van der Waals surface area contributed by atoms with Crippen LogP contribution in [0.2, 0.25) is 5.02 Å². The molecule has 5 nitrogen and oxygen atoms in total. The van der Waals surface area contributed by atoms with Gasteiger partial charge in [0, 0.05) is 18.5 Å². The van der Waals surface area contributed by atoms with Crippen molar-refractivity contribution in [2.75, 3.05) is 19.0 Å². The third-order valence-electron chi connectivity index (χ3n) is 5.39. The lowest BCUT2D eigenvalue weighted by atomic mass is 9.83. The third-order valence-corrected chi connectivity index (χ3v) is 5.71. The summed E-state index contributed by atoms with van der Waals surface area (Å²) in [7, 11) is 1.61. The van der Waals surface area contributed by atoms with Gasteiger partial charge in [-0.15, -0.1) is 0 Å². The van der Waals surface area contributed by atoms with E-state index in [1.54, 1.807) is 19.2 Å². The molecule has 0 spiro atoms. The summed E-state index contributed by atoms with van der Waals surface area (Å²) >= 11 is 6.23. The van der Waals surface area contributed by atoms with E-state index < -0.39 is 5.92 Å². The van der Waals surface area contributed by atoms with Gasteiger partial charge in [-0.1, -0.05) is 55.3 Å². The van der Waals surface area contributed by atoms with Crippen LogP contribution in [0.5, 0.6) is 5.75 Å². The number of carbonyl (C=O) groups is 2. The van der Waals surface area contributed by atoms with E-state index in [2.05, 4.69) is 12.2 Å². The quantitative estimate of drug-likeness (QED) is 0.688. The molecule has 2 atom stereocenters. The molecule has 2 amide bonds. The highest BCUT2D eigenvalue weighted by Gasteiger charge is 2.41. The predicted octanol–water partition coefficient (Wildman–Crippen LogP) is 5.07. The van der Waals surface area contributed by atoms with Crippen molar-refractivity contribution in [2.45, 2.75) is 38.6 Å². The lowest BCUT2D eigenvalue weighted by Gasteiger charge is -2.41. The summed E-state index contributed by atoms with van der Waals surface area (Å²) in [5.74, 6) is 0.237. The molecule has 1 fully saturated rings. The van der Waals surface area contributed by atoms with Crippen LogP contribution in [0.4, 0.5) is 5.69 Å². The molecule has 3 rings (SSSR count). The van der Waals surface area contributed by atoms with Crippen LogP contribution in [0.1, 0.15) is 44.2 Å². The Bertz CT molecular complexity index is 871. The van der Waals surface area contributed by atoms with Gasteiger partial charge in [-0.25, -0.2) is 0 Å². The highest BCUT2D eigenvalue weighted by Crippen LogP contribution is 2.41. The first-order chi connectivity index (χ1) is 14.1. The average Bonchev–Trinajstić information content (AvgIpc) is 2.74. The van der Waals surface area contributed by atoms with Gasteiger partial charge < -0.3 is 15.0 Å². The number of likely N-dealkylation sites (tertiary alicyclic amines) is 1. The predicted molar refractivity (Wildman–Crippen MR) is 115 cm³/mol. The van der Waals surface area contributed by atoms with Crippen LogP contribution in [-0.4, -0.2) is 30.4 Å². The number of rotatable bonds is 7. The molecule has 0 aromatic heterocycles. The number of carbonyl (C=O) groups excluding carboxylic acids is 2. The maximum atomic E-state index is 13.3. The number of nitrogens with one attached hydrogen (secondary N) is 1. The molecule has 0 saturated carbocycles. The van der Waals surface area contributed by atoms with Gasteiger partial charge in [-0.3, -0.25) is 9.59 Å². The first-order valence-electron chi connectivity index (χ1n) is 10.0. The number of ether oxygens (including phenoxy) is 1. The van der Waals surface area contributed by atoms with E-state index in [-0.39, 0.29) is 17.9 Å². The molecule has 154 valence electrons. The molecule has 1 saturated heterocycles. The molecule has 2 aromatic rings. The highest BCUT2D eigenvalue weighted by atomic mass is 35.5. The van der Waals surface area contributed by atoms with Crippen molar-refractivity contribution in [1.82, 2.24) is 4.90 Å². The smallest absolute Gasteiger partial charge is 0.229 e. The second-order valence-electron chi connectivity index (χ2n) is 7.24. The summed E-state index contributed by atoms with van der Waals surface area (Å²) in [6.45, 7) is 2.71. The Hall–Kier alpha value is -2.53. The first kappa shape index (κ1) is 21.2. The van der Waals surface area contributed by atoms with Gasteiger partial charge in [0.2, 0.25) is 11.8 Å². The lowest BCUT2D eigenvalue weighted by Crippen LogP contribution is -2.47. The fourth-order valence-corrected chi connectivity index (χ4v) is 4.09. The van der Waals surface area contributed by atoms with Crippen molar-refractivity contribution < 1.29 is 14.3 Å². The number of piperidine rings is 1. The molecule has 0 bridgehead atoms. The van der Waals surface area contributed by atoms with E-state index in [1.807, 2.05) is 41.3 Å². The molecule has 1 aliphatic heterocycles. The van der Waals surface area contributed by atoms with Crippen LogP contribution in [-0.2, 0) is 9.59 Å². The summed E-state index contributed by atoms with van der Waals surface area (Å²) in [5, 5.41) is 3.45. The number of halogens is 1. The van der Waals surface area contributed by atoms with E-state index in [9.17, 15) is 9.59 Å². The van der Waals surface area contributed by atoms with Gasteiger partial charge in [0.05, 0.1) is 29.8 Å². The monoisotopic (exact) mass is 414 g/mol. The number of hydrogen-bond acceptors (Lipinski definition) is 3. The van der Waals surface area contributed by atoms with Crippen molar-refractivity contribution in [3.63, 3.8) is 0 Å². The van der Waals surface area contributed by atoms with E-state index in [0.717, 1.165) is 18.4 Å². The number of unbranched alkanes of at least 4 members (excludes halogenated alkanes) is 1. The lowest BCUT2D eigenvalue weighted by molar-refractivity contribution is -0.142. The van der Waals surface area contributed by atoms with Crippen LogP contribution in [0.15, 0.2) is 48.5 Å². The molecule has 1 heterocycles. The van der Waals surface area contributed by atoms with Gasteiger partial charge in [0.1, 0.15) is 5.75 Å². The van der Waals surface area contributed by atoms with Gasteiger partial charge in [0.25, 0.3) is 0 Å². The minimum Gasteiger partial charge on any atom is -0.496 e. The SMILES string of the molecule is CCCCN1C(=O)CCC(C(=O)Nc2ccccc2Cl)C1c1ccccc1OC. The molecule has 1 N–H and O–H groups in total. The van der Waals surface area contributed by atoms with Crippen LogP contribution in [0.3, 0.4) is 0 Å². The van der Waals surface area contributed by atoms with E-state index in [4.69, 9.17) is 16.3 Å². The second kappa shape index (κ2) is 9.79. The van der Waals surface area contributed by atoms with Crippen LogP contribution in [0.25, 0.3) is 0 Å². The molecule has 2 unspecified atom stereocenters. The average molecular weight is 415 g/mol. The van der Waals surface area contributed by atoms with Crippen molar-refractivity contribution in [3.05, 3.63) is 59.1 Å². The number of methoxy groups -OCH3 is 1. The molecular weight excluding hydrogens is 388 g/mol. The van der Waals surface area contributed by atoms with Crippen LogP contribution in [0, 0.1) is 5.92 Å². The number of para-hydroxylation sites is 2. The number of anilines is 1. The van der Waals surface area contributed by atoms with E-state index in [0.29, 0.717) is 35.8 Å². The molecule has 29 heavy (non-hydrogen) atoms. The fraction of sp³-hybridized carbons (Fsp3) is 0.391. The Balaban J connectivity index is 1.97. The zero-order valence-corrected chi connectivity index (χ0v) is 17.6. The van der Waals surface area contributed by atoms with Crippen molar-refractivity contribution in [1.29, 1.82) is 0 Å². The topological polar surface area (TPSA) is 58.6 Å².